The summed E-state index contributed by atoms with van der Waals surface area (Å²) in [6.45, 7) is 7.69. The fraction of sp³-hybridized carbons (Fsp3) is 1.00. The highest BCUT2D eigenvalue weighted by atomic mass is 16.5. The maximum Gasteiger partial charge on any atom is 0.0702 e. The molecule has 2 heterocycles. The number of hydrogen-bond donors (Lipinski definition) is 1. The summed E-state index contributed by atoms with van der Waals surface area (Å²) in [5.74, 6) is 0. The Hall–Kier alpha value is -0.160. The van der Waals surface area contributed by atoms with Crippen molar-refractivity contribution < 1.29 is 14.6 Å². The molecule has 4 nitrogen and oxygen atoms in total. The minimum absolute atomic E-state index is 0.0197. The van der Waals surface area contributed by atoms with Crippen molar-refractivity contribution in [1.82, 2.24) is 4.90 Å². The summed E-state index contributed by atoms with van der Waals surface area (Å²) in [6, 6.07) is 0. The first-order valence-electron chi connectivity index (χ1n) is 6.80. The lowest BCUT2D eigenvalue weighted by Gasteiger charge is -2.37. The number of hydrogen-bond acceptors (Lipinski definition) is 4. The summed E-state index contributed by atoms with van der Waals surface area (Å²) < 4.78 is 11.2. The molecule has 1 N–H and O–H groups in total. The zero-order valence-corrected chi connectivity index (χ0v) is 10.9. The summed E-state index contributed by atoms with van der Waals surface area (Å²) >= 11 is 0. The van der Waals surface area contributed by atoms with Gasteiger partial charge in [-0.3, -0.25) is 0 Å². The van der Waals surface area contributed by atoms with Crippen molar-refractivity contribution in [3.8, 4) is 0 Å². The smallest absolute Gasteiger partial charge is 0.0702 e. The molecule has 0 amide bonds. The van der Waals surface area contributed by atoms with Gasteiger partial charge in [0.05, 0.1) is 19.3 Å². The highest BCUT2D eigenvalue weighted by Crippen LogP contribution is 2.30. The van der Waals surface area contributed by atoms with Crippen molar-refractivity contribution >= 4 is 0 Å². The Morgan fingerprint density at radius 2 is 2.41 bits per heavy atom. The molecule has 2 unspecified atom stereocenters. The Balaban J connectivity index is 1.85. The lowest BCUT2D eigenvalue weighted by molar-refractivity contribution is -0.0169. The van der Waals surface area contributed by atoms with Crippen LogP contribution < -0.4 is 0 Å². The lowest BCUT2D eigenvalue weighted by Crippen LogP contribution is -2.47. The van der Waals surface area contributed by atoms with Crippen molar-refractivity contribution in [1.29, 1.82) is 0 Å². The predicted octanol–water partition coefficient (Wildman–Crippen LogP) is 0.886. The number of rotatable bonds is 5. The zero-order chi connectivity index (χ0) is 12.1. The third-order valence-electron chi connectivity index (χ3n) is 3.94. The third kappa shape index (κ3) is 3.41. The third-order valence-corrected chi connectivity index (χ3v) is 3.94. The molecule has 2 atom stereocenters. The molecule has 0 aromatic rings. The van der Waals surface area contributed by atoms with Crippen molar-refractivity contribution in [2.45, 2.75) is 32.3 Å². The van der Waals surface area contributed by atoms with Crippen LogP contribution in [-0.4, -0.2) is 62.2 Å². The average molecular weight is 243 g/mol. The Morgan fingerprint density at radius 1 is 1.53 bits per heavy atom. The average Bonchev–Trinajstić information content (AvgIpc) is 2.79. The SMILES string of the molecule is CCOC1CCCN(CC2(CO)CCOC2)C1. The molecule has 0 aromatic carbocycles. The van der Waals surface area contributed by atoms with E-state index in [0.29, 0.717) is 12.7 Å². The van der Waals surface area contributed by atoms with Crippen molar-refractivity contribution in [3.05, 3.63) is 0 Å². The second-order valence-corrected chi connectivity index (χ2v) is 5.42. The van der Waals surface area contributed by atoms with Crippen molar-refractivity contribution in [3.63, 3.8) is 0 Å². The minimum atomic E-state index is -0.0197. The van der Waals surface area contributed by atoms with Gasteiger partial charge >= 0.3 is 0 Å². The minimum Gasteiger partial charge on any atom is -0.396 e. The first-order chi connectivity index (χ1) is 8.28. The molecular weight excluding hydrogens is 218 g/mol. The maximum atomic E-state index is 9.58. The van der Waals surface area contributed by atoms with E-state index < -0.39 is 0 Å². The summed E-state index contributed by atoms with van der Waals surface area (Å²) in [5, 5.41) is 9.58. The highest BCUT2D eigenvalue weighted by molar-refractivity contribution is 4.87. The van der Waals surface area contributed by atoms with Crippen molar-refractivity contribution in [2.75, 3.05) is 46.1 Å². The fourth-order valence-corrected chi connectivity index (χ4v) is 2.95. The molecule has 0 aromatic heterocycles. The number of nitrogens with zero attached hydrogens (tertiary/aromatic N) is 1. The highest BCUT2D eigenvalue weighted by Gasteiger charge is 2.37. The van der Waals surface area contributed by atoms with Gasteiger partial charge in [0.2, 0.25) is 0 Å². The molecular formula is C13H25NO3. The van der Waals surface area contributed by atoms with E-state index in [0.717, 1.165) is 39.3 Å². The number of ether oxygens (including phenoxy) is 2. The van der Waals surface area contributed by atoms with Crippen LogP contribution in [0.25, 0.3) is 0 Å². The van der Waals surface area contributed by atoms with Crippen LogP contribution in [0.2, 0.25) is 0 Å². The van der Waals surface area contributed by atoms with Gasteiger partial charge < -0.3 is 19.5 Å². The second kappa shape index (κ2) is 6.14. The number of likely N-dealkylation sites (tertiary alicyclic amines) is 1. The molecule has 4 heteroatoms. The van der Waals surface area contributed by atoms with Crippen LogP contribution in [0.4, 0.5) is 0 Å². The van der Waals surface area contributed by atoms with Crippen LogP contribution in [0.15, 0.2) is 0 Å². The van der Waals surface area contributed by atoms with E-state index in [1.165, 1.54) is 12.8 Å². The number of aliphatic hydroxyl groups is 1. The molecule has 0 radical (unpaired) electrons. The Labute approximate surface area is 104 Å². The Morgan fingerprint density at radius 3 is 3.06 bits per heavy atom. The van der Waals surface area contributed by atoms with Gasteiger partial charge in [-0.2, -0.15) is 0 Å². The quantitative estimate of drug-likeness (QED) is 0.778. The standard InChI is InChI=1S/C13H25NO3/c1-2-17-12-4-3-6-14(8-12)9-13(10-15)5-7-16-11-13/h12,15H,2-11H2,1H3. The maximum absolute atomic E-state index is 9.58. The van der Waals surface area contributed by atoms with Gasteiger partial charge in [-0.05, 0) is 32.7 Å². The van der Waals surface area contributed by atoms with Gasteiger partial charge in [0.25, 0.3) is 0 Å². The van der Waals surface area contributed by atoms with Gasteiger partial charge in [0.15, 0.2) is 0 Å². The lowest BCUT2D eigenvalue weighted by atomic mass is 9.87. The molecule has 0 bridgehead atoms. The zero-order valence-electron chi connectivity index (χ0n) is 10.9. The Bertz CT molecular complexity index is 227. The first kappa shape index (κ1) is 13.3. The number of aliphatic hydroxyl groups excluding tert-OH is 1. The van der Waals surface area contributed by atoms with E-state index in [4.69, 9.17) is 9.47 Å². The molecule has 2 saturated heterocycles. The molecule has 2 aliphatic rings. The molecule has 17 heavy (non-hydrogen) atoms. The summed E-state index contributed by atoms with van der Waals surface area (Å²) in [4.78, 5) is 2.44. The Kier molecular flexibility index (Phi) is 4.79. The predicted molar refractivity (Wildman–Crippen MR) is 66.0 cm³/mol. The molecule has 0 aliphatic carbocycles. The van der Waals surface area contributed by atoms with Crippen LogP contribution in [-0.2, 0) is 9.47 Å². The molecule has 2 aliphatic heterocycles. The molecule has 2 fully saturated rings. The van der Waals surface area contributed by atoms with E-state index in [2.05, 4.69) is 11.8 Å². The van der Waals surface area contributed by atoms with E-state index >= 15 is 0 Å². The van der Waals surface area contributed by atoms with Gasteiger partial charge in [0.1, 0.15) is 0 Å². The fourth-order valence-electron chi connectivity index (χ4n) is 2.95. The van der Waals surface area contributed by atoms with Crippen molar-refractivity contribution in [2.24, 2.45) is 5.41 Å². The molecule has 0 saturated carbocycles. The number of piperidine rings is 1. The van der Waals surface area contributed by atoms with E-state index in [-0.39, 0.29) is 12.0 Å². The van der Waals surface area contributed by atoms with Crippen LogP contribution in [0.5, 0.6) is 0 Å². The molecule has 2 rings (SSSR count). The summed E-state index contributed by atoms with van der Waals surface area (Å²) in [6.07, 6.45) is 3.74. The van der Waals surface area contributed by atoms with E-state index in [9.17, 15) is 5.11 Å². The summed E-state index contributed by atoms with van der Waals surface area (Å²) in [5.41, 5.74) is -0.0197. The second-order valence-electron chi connectivity index (χ2n) is 5.42. The molecule has 0 spiro atoms. The first-order valence-corrected chi connectivity index (χ1v) is 6.80. The van der Waals surface area contributed by atoms with Crippen LogP contribution in [0.3, 0.4) is 0 Å². The van der Waals surface area contributed by atoms with Gasteiger partial charge in [-0.1, -0.05) is 0 Å². The normalized spacial score (nSPS) is 35.3. The van der Waals surface area contributed by atoms with E-state index in [1.54, 1.807) is 0 Å². The van der Waals surface area contributed by atoms with Gasteiger partial charge in [-0.25, -0.2) is 0 Å². The molecule has 100 valence electrons. The van der Waals surface area contributed by atoms with Crippen LogP contribution >= 0.6 is 0 Å². The van der Waals surface area contributed by atoms with Gasteiger partial charge in [0, 0.05) is 31.7 Å². The monoisotopic (exact) mass is 243 g/mol. The van der Waals surface area contributed by atoms with Crippen LogP contribution in [0, 0.1) is 5.41 Å². The largest absolute Gasteiger partial charge is 0.396 e. The van der Waals surface area contributed by atoms with Crippen LogP contribution in [0.1, 0.15) is 26.2 Å². The van der Waals surface area contributed by atoms with E-state index in [1.807, 2.05) is 0 Å². The topological polar surface area (TPSA) is 41.9 Å². The van der Waals surface area contributed by atoms with Gasteiger partial charge in [-0.15, -0.1) is 0 Å². The summed E-state index contributed by atoms with van der Waals surface area (Å²) in [7, 11) is 0.